The summed E-state index contributed by atoms with van der Waals surface area (Å²) in [4.78, 5) is 14.8. The molecule has 0 unspecified atom stereocenters. The zero-order valence-corrected chi connectivity index (χ0v) is 9.27. The van der Waals surface area contributed by atoms with E-state index in [2.05, 4.69) is 15.0 Å². The molecule has 0 aliphatic rings. The molecule has 0 atom stereocenters. The summed E-state index contributed by atoms with van der Waals surface area (Å²) < 4.78 is 9.63. The Morgan fingerprint density at radius 3 is 2.94 bits per heavy atom. The number of hydrogen-bond acceptors (Lipinski definition) is 5. The third-order valence-electron chi connectivity index (χ3n) is 1.70. The third kappa shape index (κ3) is 4.00. The molecular weight excluding hydrogens is 208 g/mol. The highest BCUT2D eigenvalue weighted by Gasteiger charge is 1.94. The molecule has 5 heteroatoms. The van der Waals surface area contributed by atoms with Crippen LogP contribution in [0.4, 0.5) is 5.69 Å². The van der Waals surface area contributed by atoms with Gasteiger partial charge in [-0.05, 0) is 13.0 Å². The van der Waals surface area contributed by atoms with Crippen molar-refractivity contribution in [1.82, 2.24) is 4.98 Å². The monoisotopic (exact) mass is 222 g/mol. The van der Waals surface area contributed by atoms with Gasteiger partial charge in [0.1, 0.15) is 0 Å². The van der Waals surface area contributed by atoms with E-state index in [1.807, 2.05) is 6.92 Å². The molecule has 1 N–H and O–H groups in total. The molecule has 1 rings (SSSR count). The van der Waals surface area contributed by atoms with Crippen LogP contribution in [0.15, 0.2) is 30.6 Å². The van der Waals surface area contributed by atoms with E-state index in [-0.39, 0.29) is 0 Å². The Balaban J connectivity index is 2.49. The summed E-state index contributed by atoms with van der Waals surface area (Å²) in [6.45, 7) is 2.48. The molecule has 0 saturated carbocycles. The third-order valence-corrected chi connectivity index (χ3v) is 1.70. The molecule has 1 aromatic heterocycles. The summed E-state index contributed by atoms with van der Waals surface area (Å²) in [7, 11) is 1.32. The Hall–Kier alpha value is -2.04. The van der Waals surface area contributed by atoms with Gasteiger partial charge in [0, 0.05) is 18.3 Å². The molecule has 0 aliphatic heterocycles. The van der Waals surface area contributed by atoms with Crippen molar-refractivity contribution in [2.75, 3.05) is 19.0 Å². The van der Waals surface area contributed by atoms with Crippen LogP contribution in [-0.2, 0) is 9.53 Å². The van der Waals surface area contributed by atoms with Crippen LogP contribution in [0.1, 0.15) is 6.92 Å². The maximum atomic E-state index is 10.8. The number of nitrogens with zero attached hydrogens (tertiary/aromatic N) is 1. The van der Waals surface area contributed by atoms with Gasteiger partial charge in [0.2, 0.25) is 5.88 Å². The van der Waals surface area contributed by atoms with Crippen LogP contribution in [0.5, 0.6) is 5.88 Å². The molecule has 0 aliphatic carbocycles. The van der Waals surface area contributed by atoms with Crippen LogP contribution in [0.2, 0.25) is 0 Å². The number of methoxy groups -OCH3 is 1. The van der Waals surface area contributed by atoms with Crippen molar-refractivity contribution >= 4 is 11.7 Å². The van der Waals surface area contributed by atoms with E-state index in [1.165, 1.54) is 19.4 Å². The fraction of sp³-hybridized carbons (Fsp3) is 0.273. The number of anilines is 1. The number of rotatable bonds is 5. The summed E-state index contributed by atoms with van der Waals surface area (Å²) in [6.07, 6.45) is 4.40. The SMILES string of the molecule is CCOc1ccc(N/C=C/C(=O)OC)cn1. The molecule has 0 bridgehead atoms. The summed E-state index contributed by atoms with van der Waals surface area (Å²) in [5.74, 6) is 0.163. The molecule has 0 saturated heterocycles. The van der Waals surface area contributed by atoms with E-state index in [1.54, 1.807) is 18.3 Å². The number of nitrogens with one attached hydrogen (secondary N) is 1. The molecular formula is C11H14N2O3. The van der Waals surface area contributed by atoms with E-state index in [4.69, 9.17) is 4.74 Å². The molecule has 5 nitrogen and oxygen atoms in total. The van der Waals surface area contributed by atoms with E-state index in [0.29, 0.717) is 12.5 Å². The van der Waals surface area contributed by atoms with Gasteiger partial charge < -0.3 is 14.8 Å². The highest BCUT2D eigenvalue weighted by atomic mass is 16.5. The first-order valence-electron chi connectivity index (χ1n) is 4.86. The van der Waals surface area contributed by atoms with Crippen molar-refractivity contribution in [2.45, 2.75) is 6.92 Å². The van der Waals surface area contributed by atoms with Crippen LogP contribution in [0.25, 0.3) is 0 Å². The molecule has 0 fully saturated rings. The molecule has 86 valence electrons. The lowest BCUT2D eigenvalue weighted by molar-refractivity contribution is -0.134. The quantitative estimate of drug-likeness (QED) is 0.605. The van der Waals surface area contributed by atoms with Crippen molar-refractivity contribution in [3.63, 3.8) is 0 Å². The van der Waals surface area contributed by atoms with Crippen LogP contribution >= 0.6 is 0 Å². The fourth-order valence-corrected chi connectivity index (χ4v) is 0.973. The Morgan fingerprint density at radius 1 is 1.56 bits per heavy atom. The van der Waals surface area contributed by atoms with E-state index in [0.717, 1.165) is 5.69 Å². The first-order chi connectivity index (χ1) is 7.76. The smallest absolute Gasteiger partial charge is 0.331 e. The van der Waals surface area contributed by atoms with Crippen molar-refractivity contribution in [2.24, 2.45) is 0 Å². The molecule has 1 heterocycles. The average molecular weight is 222 g/mol. The summed E-state index contributed by atoms with van der Waals surface area (Å²) in [5.41, 5.74) is 0.767. The number of carbonyl (C=O) groups excluding carboxylic acids is 1. The van der Waals surface area contributed by atoms with Crippen molar-refractivity contribution < 1.29 is 14.3 Å². The van der Waals surface area contributed by atoms with Gasteiger partial charge in [0.05, 0.1) is 25.6 Å². The van der Waals surface area contributed by atoms with E-state index in [9.17, 15) is 4.79 Å². The van der Waals surface area contributed by atoms with Crippen LogP contribution < -0.4 is 10.1 Å². The molecule has 0 aromatic carbocycles. The second-order valence-electron chi connectivity index (χ2n) is 2.82. The first kappa shape index (κ1) is 12.0. The lowest BCUT2D eigenvalue weighted by Gasteiger charge is -2.03. The van der Waals surface area contributed by atoms with E-state index >= 15 is 0 Å². The molecule has 16 heavy (non-hydrogen) atoms. The Kier molecular flexibility index (Phi) is 4.85. The van der Waals surface area contributed by atoms with Crippen LogP contribution in [0, 0.1) is 0 Å². The van der Waals surface area contributed by atoms with Crippen LogP contribution in [-0.4, -0.2) is 24.7 Å². The topological polar surface area (TPSA) is 60.5 Å². The molecule has 0 radical (unpaired) electrons. The fourth-order valence-electron chi connectivity index (χ4n) is 0.973. The summed E-state index contributed by atoms with van der Waals surface area (Å²) in [5, 5.41) is 2.88. The zero-order valence-electron chi connectivity index (χ0n) is 9.27. The van der Waals surface area contributed by atoms with Crippen molar-refractivity contribution in [3.05, 3.63) is 30.6 Å². The predicted octanol–water partition coefficient (Wildman–Crippen LogP) is 1.58. The molecule has 0 spiro atoms. The minimum absolute atomic E-state index is 0.411. The number of ether oxygens (including phenoxy) is 2. The standard InChI is InChI=1S/C11H14N2O3/c1-3-16-10-5-4-9(8-13-10)12-7-6-11(14)15-2/h4-8,12H,3H2,1-2H3/b7-6+. The lowest BCUT2D eigenvalue weighted by atomic mass is 10.4. The second-order valence-corrected chi connectivity index (χ2v) is 2.82. The van der Waals surface area contributed by atoms with E-state index < -0.39 is 5.97 Å². The minimum atomic E-state index is -0.411. The Morgan fingerprint density at radius 2 is 2.38 bits per heavy atom. The predicted molar refractivity (Wildman–Crippen MR) is 60.2 cm³/mol. The second kappa shape index (κ2) is 6.44. The highest BCUT2D eigenvalue weighted by molar-refractivity contribution is 5.82. The van der Waals surface area contributed by atoms with Crippen molar-refractivity contribution in [1.29, 1.82) is 0 Å². The average Bonchev–Trinajstić information content (AvgIpc) is 2.31. The maximum Gasteiger partial charge on any atom is 0.331 e. The van der Waals surface area contributed by atoms with Crippen molar-refractivity contribution in [3.8, 4) is 5.88 Å². The van der Waals surface area contributed by atoms with Gasteiger partial charge in [-0.25, -0.2) is 9.78 Å². The summed E-state index contributed by atoms with van der Waals surface area (Å²) >= 11 is 0. The number of pyridine rings is 1. The molecule has 1 aromatic rings. The first-order valence-corrected chi connectivity index (χ1v) is 4.86. The Bertz CT molecular complexity index is 360. The number of aromatic nitrogens is 1. The number of hydrogen-bond donors (Lipinski definition) is 1. The maximum absolute atomic E-state index is 10.8. The van der Waals surface area contributed by atoms with Gasteiger partial charge in [-0.1, -0.05) is 0 Å². The Labute approximate surface area is 94.1 Å². The van der Waals surface area contributed by atoms with Gasteiger partial charge in [0.25, 0.3) is 0 Å². The zero-order chi connectivity index (χ0) is 11.8. The van der Waals surface area contributed by atoms with Crippen LogP contribution in [0.3, 0.4) is 0 Å². The largest absolute Gasteiger partial charge is 0.478 e. The summed E-state index contributed by atoms with van der Waals surface area (Å²) in [6, 6.07) is 3.55. The van der Waals surface area contributed by atoms with Gasteiger partial charge >= 0.3 is 5.97 Å². The highest BCUT2D eigenvalue weighted by Crippen LogP contribution is 2.11. The normalized spacial score (nSPS) is 10.1. The van der Waals surface area contributed by atoms with Gasteiger partial charge in [-0.3, -0.25) is 0 Å². The van der Waals surface area contributed by atoms with Gasteiger partial charge in [0.15, 0.2) is 0 Å². The minimum Gasteiger partial charge on any atom is -0.478 e. The number of esters is 1. The lowest BCUT2D eigenvalue weighted by Crippen LogP contribution is -1.97. The van der Waals surface area contributed by atoms with Gasteiger partial charge in [-0.2, -0.15) is 0 Å². The molecule has 0 amide bonds. The van der Waals surface area contributed by atoms with Gasteiger partial charge in [-0.15, -0.1) is 0 Å². The number of carbonyl (C=O) groups is 1.